The second-order valence-electron chi connectivity index (χ2n) is 7.44. The topological polar surface area (TPSA) is 81.9 Å². The Kier molecular flexibility index (Phi) is 7.82. The first-order chi connectivity index (χ1) is 16.6. The summed E-state index contributed by atoms with van der Waals surface area (Å²) in [6.45, 7) is 2.04. The number of pyridine rings is 1. The van der Waals surface area contributed by atoms with Gasteiger partial charge in [0, 0.05) is 28.7 Å². The number of aromatic nitrogens is 4. The van der Waals surface area contributed by atoms with E-state index in [1.807, 2.05) is 72.2 Å². The summed E-state index contributed by atoms with van der Waals surface area (Å²) in [6.07, 6.45) is 4.20. The fraction of sp³-hybridized carbons (Fsp3) is 0.200. The molecule has 0 saturated carbocycles. The molecule has 0 saturated heterocycles. The minimum absolute atomic E-state index is 0.0819. The zero-order valence-corrected chi connectivity index (χ0v) is 20.4. The Morgan fingerprint density at radius 1 is 1.06 bits per heavy atom. The maximum atomic E-state index is 12.8. The maximum absolute atomic E-state index is 12.8. The number of nitrogens with one attached hydrogen (secondary N) is 1. The minimum atomic E-state index is -0.0859. The predicted octanol–water partition coefficient (Wildman–Crippen LogP) is 5.35. The van der Waals surface area contributed by atoms with Crippen LogP contribution in [0.1, 0.15) is 24.9 Å². The standard InChI is InChI=1S/C25H24ClN5O2S/c1-3-22(17-4-6-19(26)7-5-17)28-23(32)16-34-25-30-29-24(18-12-14-27-15-13-18)31(25)20-8-10-21(33-2)11-9-20/h4-15,22H,3,16H2,1-2H3,(H,28,32). The largest absolute Gasteiger partial charge is 0.497 e. The van der Waals surface area contributed by atoms with Crippen LogP contribution in [0, 0.1) is 0 Å². The van der Waals surface area contributed by atoms with Crippen LogP contribution in [0.2, 0.25) is 5.02 Å². The van der Waals surface area contributed by atoms with Gasteiger partial charge in [-0.15, -0.1) is 10.2 Å². The quantitative estimate of drug-likeness (QED) is 0.316. The number of thioether (sulfide) groups is 1. The van der Waals surface area contributed by atoms with Gasteiger partial charge in [-0.3, -0.25) is 14.3 Å². The summed E-state index contributed by atoms with van der Waals surface area (Å²) in [6, 6.07) is 18.8. The number of carbonyl (C=O) groups excluding carboxylic acids is 1. The van der Waals surface area contributed by atoms with Crippen molar-refractivity contribution in [2.75, 3.05) is 12.9 Å². The highest BCUT2D eigenvalue weighted by Crippen LogP contribution is 2.29. The van der Waals surface area contributed by atoms with Gasteiger partial charge in [-0.1, -0.05) is 42.4 Å². The third kappa shape index (κ3) is 5.58. The van der Waals surface area contributed by atoms with Gasteiger partial charge in [-0.25, -0.2) is 0 Å². The van der Waals surface area contributed by atoms with E-state index in [4.69, 9.17) is 16.3 Å². The Hall–Kier alpha value is -3.36. The molecule has 4 aromatic rings. The molecule has 1 N–H and O–H groups in total. The van der Waals surface area contributed by atoms with Gasteiger partial charge in [0.15, 0.2) is 11.0 Å². The highest BCUT2D eigenvalue weighted by molar-refractivity contribution is 7.99. The molecule has 2 aromatic carbocycles. The second kappa shape index (κ2) is 11.2. The summed E-state index contributed by atoms with van der Waals surface area (Å²) in [5, 5.41) is 13.2. The average Bonchev–Trinajstić information content (AvgIpc) is 3.31. The molecule has 1 amide bonds. The van der Waals surface area contributed by atoms with E-state index in [-0.39, 0.29) is 17.7 Å². The lowest BCUT2D eigenvalue weighted by molar-refractivity contribution is -0.119. The third-order valence-corrected chi connectivity index (χ3v) is 6.43. The molecule has 0 aliphatic heterocycles. The Morgan fingerprint density at radius 2 is 1.76 bits per heavy atom. The number of methoxy groups -OCH3 is 1. The van der Waals surface area contributed by atoms with E-state index in [9.17, 15) is 4.79 Å². The van der Waals surface area contributed by atoms with Crippen molar-refractivity contribution in [2.45, 2.75) is 24.5 Å². The monoisotopic (exact) mass is 493 g/mol. The van der Waals surface area contributed by atoms with E-state index in [1.165, 1.54) is 11.8 Å². The van der Waals surface area contributed by atoms with Gasteiger partial charge in [0.05, 0.1) is 18.9 Å². The first kappa shape index (κ1) is 23.8. The van der Waals surface area contributed by atoms with Crippen molar-refractivity contribution in [1.82, 2.24) is 25.1 Å². The molecule has 1 unspecified atom stereocenters. The second-order valence-corrected chi connectivity index (χ2v) is 8.82. The maximum Gasteiger partial charge on any atom is 0.230 e. The van der Waals surface area contributed by atoms with Crippen molar-refractivity contribution >= 4 is 29.3 Å². The molecule has 9 heteroatoms. The van der Waals surface area contributed by atoms with E-state index < -0.39 is 0 Å². The van der Waals surface area contributed by atoms with E-state index in [0.717, 1.165) is 29.0 Å². The number of nitrogens with zero attached hydrogens (tertiary/aromatic N) is 4. The lowest BCUT2D eigenvalue weighted by Crippen LogP contribution is -2.29. The van der Waals surface area contributed by atoms with Crippen LogP contribution in [0.3, 0.4) is 0 Å². The van der Waals surface area contributed by atoms with Crippen LogP contribution in [-0.2, 0) is 4.79 Å². The Balaban J connectivity index is 1.54. The first-order valence-electron chi connectivity index (χ1n) is 10.8. The average molecular weight is 494 g/mol. The Morgan fingerprint density at radius 3 is 2.41 bits per heavy atom. The van der Waals surface area contributed by atoms with Crippen molar-refractivity contribution < 1.29 is 9.53 Å². The number of carbonyl (C=O) groups is 1. The van der Waals surface area contributed by atoms with Crippen molar-refractivity contribution in [1.29, 1.82) is 0 Å². The van der Waals surface area contributed by atoms with Crippen LogP contribution < -0.4 is 10.1 Å². The molecule has 0 aliphatic carbocycles. The van der Waals surface area contributed by atoms with Gasteiger partial charge in [0.25, 0.3) is 0 Å². The summed E-state index contributed by atoms with van der Waals surface area (Å²) < 4.78 is 7.22. The summed E-state index contributed by atoms with van der Waals surface area (Å²) in [7, 11) is 1.63. The van der Waals surface area contributed by atoms with Crippen molar-refractivity contribution in [3.63, 3.8) is 0 Å². The number of ether oxygens (including phenoxy) is 1. The highest BCUT2D eigenvalue weighted by atomic mass is 35.5. The number of rotatable bonds is 9. The highest BCUT2D eigenvalue weighted by Gasteiger charge is 2.19. The number of hydrogen-bond acceptors (Lipinski definition) is 6. The van der Waals surface area contributed by atoms with Gasteiger partial charge in [0.2, 0.25) is 5.91 Å². The molecular weight excluding hydrogens is 470 g/mol. The van der Waals surface area contributed by atoms with Crippen molar-refractivity contribution in [2.24, 2.45) is 0 Å². The number of benzene rings is 2. The summed E-state index contributed by atoms with van der Waals surface area (Å²) >= 11 is 7.33. The number of amides is 1. The molecule has 0 fully saturated rings. The van der Waals surface area contributed by atoms with Crippen LogP contribution in [0.25, 0.3) is 17.1 Å². The molecule has 0 radical (unpaired) electrons. The van der Waals surface area contributed by atoms with Crippen LogP contribution in [0.5, 0.6) is 5.75 Å². The molecule has 0 spiro atoms. The number of halogens is 1. The zero-order chi connectivity index (χ0) is 23.9. The van der Waals surface area contributed by atoms with Gasteiger partial charge < -0.3 is 10.1 Å². The molecule has 7 nitrogen and oxygen atoms in total. The van der Waals surface area contributed by atoms with E-state index >= 15 is 0 Å². The van der Waals surface area contributed by atoms with Gasteiger partial charge in [-0.2, -0.15) is 0 Å². The van der Waals surface area contributed by atoms with Gasteiger partial charge in [0.1, 0.15) is 5.75 Å². The molecule has 2 heterocycles. The molecular formula is C25H24ClN5O2S. The minimum Gasteiger partial charge on any atom is -0.497 e. The summed E-state index contributed by atoms with van der Waals surface area (Å²) in [4.78, 5) is 16.9. The molecule has 2 aromatic heterocycles. The lowest BCUT2D eigenvalue weighted by Gasteiger charge is -2.17. The van der Waals surface area contributed by atoms with E-state index in [2.05, 4.69) is 20.5 Å². The van der Waals surface area contributed by atoms with Gasteiger partial charge in [-0.05, 0) is 60.5 Å². The lowest BCUT2D eigenvalue weighted by atomic mass is 10.0. The molecule has 174 valence electrons. The Bertz CT molecular complexity index is 1230. The molecule has 0 aliphatic rings. The van der Waals surface area contributed by atoms with E-state index in [1.54, 1.807) is 19.5 Å². The predicted molar refractivity (Wildman–Crippen MR) is 134 cm³/mol. The van der Waals surface area contributed by atoms with Crippen LogP contribution in [0.4, 0.5) is 0 Å². The van der Waals surface area contributed by atoms with E-state index in [0.29, 0.717) is 16.0 Å². The van der Waals surface area contributed by atoms with Crippen LogP contribution in [0.15, 0.2) is 78.2 Å². The Labute approximate surface area is 207 Å². The molecule has 0 bridgehead atoms. The van der Waals surface area contributed by atoms with Crippen molar-refractivity contribution in [3.8, 4) is 22.8 Å². The van der Waals surface area contributed by atoms with Crippen molar-refractivity contribution in [3.05, 3.63) is 83.6 Å². The molecule has 1 atom stereocenters. The fourth-order valence-corrected chi connectivity index (χ4v) is 4.39. The summed E-state index contributed by atoms with van der Waals surface area (Å²) in [5.41, 5.74) is 2.77. The SMILES string of the molecule is CCC(NC(=O)CSc1nnc(-c2ccncc2)n1-c1ccc(OC)cc1)c1ccc(Cl)cc1. The molecule has 34 heavy (non-hydrogen) atoms. The van der Waals surface area contributed by atoms with Crippen LogP contribution >= 0.6 is 23.4 Å². The van der Waals surface area contributed by atoms with Crippen LogP contribution in [-0.4, -0.2) is 38.5 Å². The summed E-state index contributed by atoms with van der Waals surface area (Å²) in [5.74, 6) is 1.54. The fourth-order valence-electron chi connectivity index (χ4n) is 3.50. The van der Waals surface area contributed by atoms with Gasteiger partial charge >= 0.3 is 0 Å². The molecule has 4 rings (SSSR count). The zero-order valence-electron chi connectivity index (χ0n) is 18.8. The third-order valence-electron chi connectivity index (χ3n) is 5.25. The normalized spacial score (nSPS) is 11.7. The number of hydrogen-bond donors (Lipinski definition) is 1. The first-order valence-corrected chi connectivity index (χ1v) is 12.1. The smallest absolute Gasteiger partial charge is 0.230 e.